The number of likely N-dealkylation sites (tertiary alicyclic amines) is 1. The van der Waals surface area contributed by atoms with Crippen molar-refractivity contribution in [2.24, 2.45) is 18.9 Å². The van der Waals surface area contributed by atoms with Crippen LogP contribution in [-0.4, -0.2) is 51.9 Å². The lowest BCUT2D eigenvalue weighted by molar-refractivity contribution is -0.138. The number of aryl methyl sites for hydroxylation is 1. The van der Waals surface area contributed by atoms with E-state index in [1.54, 1.807) is 18.5 Å². The van der Waals surface area contributed by atoms with Crippen LogP contribution in [0.4, 0.5) is 18.9 Å². The summed E-state index contributed by atoms with van der Waals surface area (Å²) in [6, 6.07) is 10.3. The lowest BCUT2D eigenvalue weighted by atomic mass is 9.75. The molecule has 0 spiro atoms. The van der Waals surface area contributed by atoms with Crippen molar-refractivity contribution in [1.82, 2.24) is 19.7 Å². The first-order valence-corrected chi connectivity index (χ1v) is 13.4. The van der Waals surface area contributed by atoms with Crippen molar-refractivity contribution in [3.63, 3.8) is 0 Å². The van der Waals surface area contributed by atoms with Gasteiger partial charge in [0.15, 0.2) is 0 Å². The number of fused-ring (bicyclic) bond motifs is 2. The molecule has 3 atom stereocenters. The zero-order valence-corrected chi connectivity index (χ0v) is 21.9. The molecule has 0 radical (unpaired) electrons. The molecule has 1 saturated carbocycles. The Morgan fingerprint density at radius 1 is 1.15 bits per heavy atom. The normalized spacial score (nSPS) is 24.4. The van der Waals surface area contributed by atoms with E-state index in [0.29, 0.717) is 42.7 Å². The Morgan fingerprint density at radius 3 is 2.56 bits per heavy atom. The van der Waals surface area contributed by atoms with Crippen LogP contribution in [0.1, 0.15) is 57.8 Å². The van der Waals surface area contributed by atoms with E-state index in [2.05, 4.69) is 15.1 Å². The first-order valence-electron chi connectivity index (χ1n) is 13.4. The molecule has 10 heteroatoms. The molecule has 1 aliphatic carbocycles. The molecule has 4 heterocycles. The standard InChI is InChI=1S/C29H30F3N5O2/c1-17(36-11-19-6-20(19)12-36)18-7-23-24(25(8-18)29(30,31)32)13-37(27(23)38)22-5-3-4-21(9-22)28(14-39-15-28)10-26-34-33-16-35(26)2/h3-5,7-9,16-17,19-20H,6,10-15H2,1-2H3/t17-,19?,20?/m0/s1. The highest BCUT2D eigenvalue weighted by Gasteiger charge is 2.47. The van der Waals surface area contributed by atoms with E-state index >= 15 is 0 Å². The van der Waals surface area contributed by atoms with Gasteiger partial charge in [0.1, 0.15) is 12.2 Å². The lowest BCUT2D eigenvalue weighted by Crippen LogP contribution is -2.49. The summed E-state index contributed by atoms with van der Waals surface area (Å²) in [5, 5.41) is 8.19. The van der Waals surface area contributed by atoms with Gasteiger partial charge in [0.25, 0.3) is 5.91 Å². The molecule has 1 aromatic heterocycles. The number of anilines is 1. The smallest absolute Gasteiger partial charge is 0.379 e. The average molecular weight is 538 g/mol. The maximum Gasteiger partial charge on any atom is 0.416 e. The largest absolute Gasteiger partial charge is 0.416 e. The summed E-state index contributed by atoms with van der Waals surface area (Å²) >= 11 is 0. The number of hydrogen-bond acceptors (Lipinski definition) is 5. The average Bonchev–Trinajstić information content (AvgIpc) is 3.16. The minimum atomic E-state index is -4.55. The quantitative estimate of drug-likeness (QED) is 0.463. The number of nitrogens with zero attached hydrogens (tertiary/aromatic N) is 5. The Hall–Kier alpha value is -3.24. The number of rotatable bonds is 6. The number of ether oxygens (including phenoxy) is 1. The minimum absolute atomic E-state index is 0.0545. The van der Waals surface area contributed by atoms with E-state index in [1.165, 1.54) is 17.4 Å². The summed E-state index contributed by atoms with van der Waals surface area (Å²) in [6.07, 6.45) is -1.06. The zero-order chi connectivity index (χ0) is 27.1. The third-order valence-electron chi connectivity index (χ3n) is 9.24. The molecule has 0 bridgehead atoms. The monoisotopic (exact) mass is 537 g/mol. The van der Waals surface area contributed by atoms with Crippen LogP contribution in [0.3, 0.4) is 0 Å². The van der Waals surface area contributed by atoms with Crippen molar-refractivity contribution < 1.29 is 22.7 Å². The van der Waals surface area contributed by atoms with E-state index in [-0.39, 0.29) is 29.1 Å². The molecular weight excluding hydrogens is 507 g/mol. The number of aromatic nitrogens is 3. The zero-order valence-electron chi connectivity index (χ0n) is 21.9. The Labute approximate surface area is 224 Å². The lowest BCUT2D eigenvalue weighted by Gasteiger charge is -2.42. The maximum atomic E-state index is 14.3. The number of alkyl halides is 3. The Kier molecular flexibility index (Phi) is 5.48. The van der Waals surface area contributed by atoms with Crippen LogP contribution in [0.2, 0.25) is 0 Å². The second kappa shape index (κ2) is 8.63. The van der Waals surface area contributed by atoms with Gasteiger partial charge in [0, 0.05) is 49.3 Å². The molecule has 3 aromatic rings. The van der Waals surface area contributed by atoms with Crippen molar-refractivity contribution in [1.29, 1.82) is 0 Å². The van der Waals surface area contributed by atoms with Gasteiger partial charge >= 0.3 is 6.18 Å². The molecule has 2 unspecified atom stereocenters. The van der Waals surface area contributed by atoms with Crippen LogP contribution in [0.5, 0.6) is 0 Å². The summed E-state index contributed by atoms with van der Waals surface area (Å²) < 4.78 is 50.4. The predicted octanol–water partition coefficient (Wildman–Crippen LogP) is 4.52. The maximum absolute atomic E-state index is 14.3. The van der Waals surface area contributed by atoms with Gasteiger partial charge in [-0.05, 0) is 66.1 Å². The van der Waals surface area contributed by atoms with Crippen molar-refractivity contribution >= 4 is 11.6 Å². The molecule has 7 nitrogen and oxygen atoms in total. The fourth-order valence-electron chi connectivity index (χ4n) is 6.59. The van der Waals surface area contributed by atoms with Gasteiger partial charge in [-0.15, -0.1) is 10.2 Å². The van der Waals surface area contributed by atoms with Gasteiger partial charge in [0.05, 0.1) is 25.3 Å². The molecule has 0 N–H and O–H groups in total. The molecular formula is C29H30F3N5O2. The van der Waals surface area contributed by atoms with Gasteiger partial charge in [-0.1, -0.05) is 12.1 Å². The highest BCUT2D eigenvalue weighted by molar-refractivity contribution is 6.10. The van der Waals surface area contributed by atoms with Crippen molar-refractivity contribution in [2.75, 3.05) is 31.2 Å². The van der Waals surface area contributed by atoms with E-state index in [9.17, 15) is 18.0 Å². The molecule has 1 amide bonds. The molecule has 204 valence electrons. The third-order valence-corrected chi connectivity index (χ3v) is 9.24. The second-order valence-corrected chi connectivity index (χ2v) is 11.7. The van der Waals surface area contributed by atoms with Crippen LogP contribution in [0.15, 0.2) is 42.7 Å². The second-order valence-electron chi connectivity index (χ2n) is 11.7. The first-order chi connectivity index (χ1) is 18.6. The first kappa shape index (κ1) is 24.8. The molecule has 2 aromatic carbocycles. The summed E-state index contributed by atoms with van der Waals surface area (Å²) in [4.78, 5) is 17.4. The molecule has 7 rings (SSSR count). The van der Waals surface area contributed by atoms with E-state index < -0.39 is 17.6 Å². The summed E-state index contributed by atoms with van der Waals surface area (Å²) in [5.74, 6) is 1.77. The summed E-state index contributed by atoms with van der Waals surface area (Å²) in [6.45, 7) is 4.66. The number of carbonyl (C=O) groups is 1. The highest BCUT2D eigenvalue weighted by Crippen LogP contribution is 2.48. The number of piperidine rings is 1. The summed E-state index contributed by atoms with van der Waals surface area (Å²) in [5.41, 5.74) is 1.28. The van der Waals surface area contributed by atoms with E-state index in [1.807, 2.05) is 36.7 Å². The van der Waals surface area contributed by atoms with Gasteiger partial charge in [0.2, 0.25) is 0 Å². The van der Waals surface area contributed by atoms with Crippen molar-refractivity contribution in [3.05, 3.63) is 76.4 Å². The van der Waals surface area contributed by atoms with E-state index in [0.717, 1.165) is 24.5 Å². The van der Waals surface area contributed by atoms with Crippen LogP contribution >= 0.6 is 0 Å². The highest BCUT2D eigenvalue weighted by atomic mass is 19.4. The van der Waals surface area contributed by atoms with Crippen LogP contribution in [0, 0.1) is 11.8 Å². The van der Waals surface area contributed by atoms with Gasteiger partial charge in [-0.25, -0.2) is 0 Å². The number of amides is 1. The van der Waals surface area contributed by atoms with Crippen molar-refractivity contribution in [3.8, 4) is 0 Å². The Morgan fingerprint density at radius 2 is 1.92 bits per heavy atom. The van der Waals surface area contributed by atoms with Gasteiger partial charge in [-0.2, -0.15) is 13.2 Å². The van der Waals surface area contributed by atoms with Crippen LogP contribution in [0.25, 0.3) is 0 Å². The molecule has 2 saturated heterocycles. The van der Waals surface area contributed by atoms with Crippen molar-refractivity contribution in [2.45, 2.75) is 43.9 Å². The predicted molar refractivity (Wildman–Crippen MR) is 137 cm³/mol. The fourth-order valence-corrected chi connectivity index (χ4v) is 6.59. The number of benzene rings is 2. The number of carbonyl (C=O) groups excluding carboxylic acids is 1. The SMILES string of the molecule is C[C@@H](c1cc2c(c(C(F)(F)F)c1)CN(c1cccc(C3(Cc4nncn4C)COC3)c1)C2=O)N1CC2CC2C1. The fraction of sp³-hybridized carbons (Fsp3) is 0.483. The molecule has 3 fully saturated rings. The van der Waals surface area contributed by atoms with Crippen LogP contribution < -0.4 is 4.90 Å². The Balaban J connectivity index is 1.21. The Bertz CT molecular complexity index is 1450. The summed E-state index contributed by atoms with van der Waals surface area (Å²) in [7, 11) is 1.89. The number of hydrogen-bond donors (Lipinski definition) is 0. The number of halogens is 3. The van der Waals surface area contributed by atoms with Gasteiger partial charge < -0.3 is 14.2 Å². The van der Waals surface area contributed by atoms with E-state index in [4.69, 9.17) is 4.74 Å². The molecule has 39 heavy (non-hydrogen) atoms. The molecule has 3 aliphatic heterocycles. The topological polar surface area (TPSA) is 63.5 Å². The minimum Gasteiger partial charge on any atom is -0.379 e. The van der Waals surface area contributed by atoms with Gasteiger partial charge in [-0.3, -0.25) is 9.69 Å². The third kappa shape index (κ3) is 4.07. The van der Waals surface area contributed by atoms with Crippen LogP contribution in [-0.2, 0) is 36.3 Å². The molecule has 4 aliphatic rings.